The average Bonchev–Trinajstić information content (AvgIpc) is 2.27. The van der Waals surface area contributed by atoms with Crippen LogP contribution in [0, 0.1) is 0 Å². The van der Waals surface area contributed by atoms with Gasteiger partial charge in [-0.15, -0.1) is 0 Å². The molecule has 0 saturated carbocycles. The van der Waals surface area contributed by atoms with E-state index in [0.29, 0.717) is 4.47 Å². The number of hydrogen-bond acceptors (Lipinski definition) is 1. The van der Waals surface area contributed by atoms with Gasteiger partial charge in [-0.2, -0.15) is 13.2 Å². The molecule has 0 aliphatic rings. The van der Waals surface area contributed by atoms with E-state index in [2.05, 4.69) is 28.2 Å². The van der Waals surface area contributed by atoms with Crippen molar-refractivity contribution < 1.29 is 13.2 Å². The molecule has 1 aromatic carbocycles. The maximum atomic E-state index is 12.9. The predicted octanol–water partition coefficient (Wildman–Crippen LogP) is 5.46. The fourth-order valence-corrected chi connectivity index (χ4v) is 2.09. The van der Waals surface area contributed by atoms with Crippen molar-refractivity contribution in [2.75, 3.05) is 5.32 Å². The van der Waals surface area contributed by atoms with Crippen molar-refractivity contribution in [1.29, 1.82) is 0 Å². The third-order valence-corrected chi connectivity index (χ3v) is 3.17. The highest BCUT2D eigenvalue weighted by molar-refractivity contribution is 9.10. The summed E-state index contributed by atoms with van der Waals surface area (Å²) in [5.74, 6) is 0. The van der Waals surface area contributed by atoms with E-state index in [1.54, 1.807) is 6.07 Å². The third-order valence-electron chi connectivity index (χ3n) is 2.68. The molecule has 1 unspecified atom stereocenters. The Kier molecular flexibility index (Phi) is 5.50. The Bertz CT molecular complexity index is 390. The molecule has 1 rings (SSSR count). The molecular weight excluding hydrogens is 307 g/mol. The highest BCUT2D eigenvalue weighted by atomic mass is 79.9. The Morgan fingerprint density at radius 1 is 1.33 bits per heavy atom. The van der Waals surface area contributed by atoms with Crippen LogP contribution in [0.15, 0.2) is 22.7 Å². The number of anilines is 1. The summed E-state index contributed by atoms with van der Waals surface area (Å²) in [6.07, 6.45) is -1.43. The molecule has 0 aromatic heterocycles. The number of hydrogen-bond donors (Lipinski definition) is 1. The second-order valence-corrected chi connectivity index (χ2v) is 5.29. The largest absolute Gasteiger partial charge is 0.418 e. The topological polar surface area (TPSA) is 12.0 Å². The molecule has 0 amide bonds. The van der Waals surface area contributed by atoms with E-state index in [1.165, 1.54) is 6.07 Å². The summed E-state index contributed by atoms with van der Waals surface area (Å²) >= 11 is 3.07. The number of unbranched alkanes of at least 4 members (excludes halogenated alkanes) is 1. The first-order valence-electron chi connectivity index (χ1n) is 5.98. The summed E-state index contributed by atoms with van der Waals surface area (Å²) in [6.45, 7) is 3.96. The summed E-state index contributed by atoms with van der Waals surface area (Å²) in [6, 6.07) is 4.22. The molecule has 0 radical (unpaired) electrons. The van der Waals surface area contributed by atoms with Gasteiger partial charge in [-0.1, -0.05) is 35.7 Å². The van der Waals surface area contributed by atoms with E-state index in [4.69, 9.17) is 0 Å². The van der Waals surface area contributed by atoms with E-state index < -0.39 is 11.7 Å². The van der Waals surface area contributed by atoms with Crippen LogP contribution in [0.5, 0.6) is 0 Å². The van der Waals surface area contributed by atoms with Gasteiger partial charge in [0, 0.05) is 16.2 Å². The van der Waals surface area contributed by atoms with Gasteiger partial charge in [0.2, 0.25) is 0 Å². The molecule has 0 aliphatic carbocycles. The lowest BCUT2D eigenvalue weighted by Crippen LogP contribution is -2.18. The van der Waals surface area contributed by atoms with Crippen molar-refractivity contribution in [3.63, 3.8) is 0 Å². The lowest BCUT2D eigenvalue weighted by Gasteiger charge is -2.19. The fourth-order valence-electron chi connectivity index (χ4n) is 1.72. The SMILES string of the molecule is CCCCC(C)Nc1ccc(Br)cc1C(F)(F)F. The number of rotatable bonds is 5. The zero-order chi connectivity index (χ0) is 13.8. The van der Waals surface area contributed by atoms with Crippen molar-refractivity contribution >= 4 is 21.6 Å². The van der Waals surface area contributed by atoms with E-state index >= 15 is 0 Å². The first-order chi connectivity index (χ1) is 8.34. The van der Waals surface area contributed by atoms with Crippen LogP contribution in [0.25, 0.3) is 0 Å². The number of benzene rings is 1. The predicted molar refractivity (Wildman–Crippen MR) is 71.8 cm³/mol. The Balaban J connectivity index is 2.88. The van der Waals surface area contributed by atoms with Gasteiger partial charge < -0.3 is 5.32 Å². The van der Waals surface area contributed by atoms with E-state index in [1.807, 2.05) is 6.92 Å². The summed E-state index contributed by atoms with van der Waals surface area (Å²) < 4.78 is 39.0. The van der Waals surface area contributed by atoms with Gasteiger partial charge in [-0.05, 0) is 31.5 Å². The average molecular weight is 324 g/mol. The van der Waals surface area contributed by atoms with Gasteiger partial charge in [0.1, 0.15) is 0 Å². The molecule has 1 atom stereocenters. The second kappa shape index (κ2) is 6.45. The highest BCUT2D eigenvalue weighted by Gasteiger charge is 2.33. The Morgan fingerprint density at radius 2 is 2.00 bits per heavy atom. The Labute approximate surface area is 114 Å². The number of nitrogens with one attached hydrogen (secondary N) is 1. The van der Waals surface area contributed by atoms with Crippen LogP contribution in [0.2, 0.25) is 0 Å². The van der Waals surface area contributed by atoms with Crippen LogP contribution in [-0.4, -0.2) is 6.04 Å². The normalized spacial score (nSPS) is 13.4. The van der Waals surface area contributed by atoms with Crippen LogP contribution < -0.4 is 5.32 Å². The molecule has 0 bridgehead atoms. The van der Waals surface area contributed by atoms with Crippen LogP contribution in [0.3, 0.4) is 0 Å². The first-order valence-corrected chi connectivity index (χ1v) is 6.77. The van der Waals surface area contributed by atoms with Crippen LogP contribution in [0.1, 0.15) is 38.7 Å². The van der Waals surface area contributed by atoms with E-state index in [-0.39, 0.29) is 11.7 Å². The van der Waals surface area contributed by atoms with Crippen molar-refractivity contribution in [1.82, 2.24) is 0 Å². The Morgan fingerprint density at radius 3 is 2.56 bits per heavy atom. The monoisotopic (exact) mass is 323 g/mol. The molecular formula is C13H17BrF3N. The van der Waals surface area contributed by atoms with Crippen molar-refractivity contribution in [3.8, 4) is 0 Å². The molecule has 1 N–H and O–H groups in total. The van der Waals surface area contributed by atoms with Crippen LogP contribution >= 0.6 is 15.9 Å². The third kappa shape index (κ3) is 4.52. The van der Waals surface area contributed by atoms with Gasteiger partial charge in [0.25, 0.3) is 0 Å². The minimum Gasteiger partial charge on any atom is -0.382 e. The van der Waals surface area contributed by atoms with Crippen LogP contribution in [0.4, 0.5) is 18.9 Å². The highest BCUT2D eigenvalue weighted by Crippen LogP contribution is 2.36. The molecule has 0 saturated heterocycles. The van der Waals surface area contributed by atoms with E-state index in [9.17, 15) is 13.2 Å². The molecule has 0 heterocycles. The lowest BCUT2D eigenvalue weighted by atomic mass is 10.1. The molecule has 18 heavy (non-hydrogen) atoms. The quantitative estimate of drug-likeness (QED) is 0.758. The van der Waals surface area contributed by atoms with Gasteiger partial charge in [-0.3, -0.25) is 0 Å². The van der Waals surface area contributed by atoms with Gasteiger partial charge in [0.15, 0.2) is 0 Å². The van der Waals surface area contributed by atoms with Gasteiger partial charge >= 0.3 is 6.18 Å². The zero-order valence-corrected chi connectivity index (χ0v) is 12.0. The molecule has 5 heteroatoms. The van der Waals surface area contributed by atoms with E-state index in [0.717, 1.165) is 25.3 Å². The molecule has 0 fully saturated rings. The van der Waals surface area contributed by atoms with Gasteiger partial charge in [0.05, 0.1) is 5.56 Å². The molecule has 1 nitrogen and oxygen atoms in total. The van der Waals surface area contributed by atoms with Crippen molar-refractivity contribution in [2.45, 2.75) is 45.3 Å². The number of halogens is 4. The fraction of sp³-hybridized carbons (Fsp3) is 0.538. The summed E-state index contributed by atoms with van der Waals surface area (Å²) in [5.41, 5.74) is -0.477. The maximum Gasteiger partial charge on any atom is 0.418 e. The smallest absolute Gasteiger partial charge is 0.382 e. The van der Waals surface area contributed by atoms with Crippen molar-refractivity contribution in [3.05, 3.63) is 28.2 Å². The van der Waals surface area contributed by atoms with Crippen LogP contribution in [-0.2, 0) is 6.18 Å². The van der Waals surface area contributed by atoms with Crippen molar-refractivity contribution in [2.24, 2.45) is 0 Å². The standard InChI is InChI=1S/C13H17BrF3N/c1-3-4-5-9(2)18-12-7-6-10(14)8-11(12)13(15,16)17/h6-9,18H,3-5H2,1-2H3. The second-order valence-electron chi connectivity index (χ2n) is 4.38. The summed E-state index contributed by atoms with van der Waals surface area (Å²) in [4.78, 5) is 0. The first kappa shape index (κ1) is 15.3. The van der Waals surface area contributed by atoms with Gasteiger partial charge in [-0.25, -0.2) is 0 Å². The molecule has 0 aliphatic heterocycles. The Hall–Kier alpha value is -0.710. The summed E-state index contributed by atoms with van der Waals surface area (Å²) in [7, 11) is 0. The zero-order valence-electron chi connectivity index (χ0n) is 10.4. The molecule has 1 aromatic rings. The lowest BCUT2D eigenvalue weighted by molar-refractivity contribution is -0.137. The minimum atomic E-state index is -4.34. The number of alkyl halides is 3. The maximum absolute atomic E-state index is 12.9. The minimum absolute atomic E-state index is 0.0345. The summed E-state index contributed by atoms with van der Waals surface area (Å²) in [5, 5.41) is 2.94. The molecule has 102 valence electrons. The molecule has 0 spiro atoms.